The second-order valence-electron chi connectivity index (χ2n) is 2.98. The number of aromatic carboxylic acids is 1. The number of carbonyl (C=O) groups is 1. The zero-order chi connectivity index (χ0) is 12.3. The Morgan fingerprint density at radius 3 is 2.56 bits per heavy atom. The van der Waals surface area contributed by atoms with E-state index in [9.17, 15) is 13.6 Å². The Hall–Kier alpha value is -2.00. The van der Waals surface area contributed by atoms with Crippen molar-refractivity contribution in [1.29, 1.82) is 5.26 Å². The number of benzene rings is 1. The lowest BCUT2D eigenvalue weighted by molar-refractivity contribution is 0.0683. The lowest BCUT2D eigenvalue weighted by Gasteiger charge is -2.10. The van der Waals surface area contributed by atoms with Crippen molar-refractivity contribution in [3.8, 4) is 6.07 Å². The van der Waals surface area contributed by atoms with Crippen LogP contribution in [0, 0.1) is 11.3 Å². The minimum atomic E-state index is -2.91. The monoisotopic (exact) mass is 226 g/mol. The number of nitriles is 1. The summed E-state index contributed by atoms with van der Waals surface area (Å²) in [4.78, 5) is 10.9. The van der Waals surface area contributed by atoms with Gasteiger partial charge in [0.2, 0.25) is 0 Å². The van der Waals surface area contributed by atoms with Crippen molar-refractivity contribution in [2.24, 2.45) is 5.73 Å². The first kappa shape index (κ1) is 12.1. The van der Waals surface area contributed by atoms with Crippen molar-refractivity contribution in [2.45, 2.75) is 13.0 Å². The van der Waals surface area contributed by atoms with Gasteiger partial charge in [-0.1, -0.05) is 6.07 Å². The molecular weight excluding hydrogens is 218 g/mol. The third kappa shape index (κ3) is 1.99. The van der Waals surface area contributed by atoms with Gasteiger partial charge in [-0.25, -0.2) is 13.6 Å². The maximum atomic E-state index is 12.6. The number of carboxylic acids is 1. The van der Waals surface area contributed by atoms with Crippen molar-refractivity contribution in [3.05, 3.63) is 34.4 Å². The van der Waals surface area contributed by atoms with Gasteiger partial charge in [0, 0.05) is 12.1 Å². The van der Waals surface area contributed by atoms with Crippen molar-refractivity contribution >= 4 is 5.97 Å². The summed E-state index contributed by atoms with van der Waals surface area (Å²) in [5.74, 6) is -1.51. The summed E-state index contributed by atoms with van der Waals surface area (Å²) in [7, 11) is 0. The molecule has 84 valence electrons. The molecule has 0 aliphatic carbocycles. The quantitative estimate of drug-likeness (QED) is 0.820. The Balaban J connectivity index is 3.58. The molecule has 0 aliphatic heterocycles. The van der Waals surface area contributed by atoms with Gasteiger partial charge in [-0.05, 0) is 11.6 Å². The van der Waals surface area contributed by atoms with Crippen LogP contribution in [0.2, 0.25) is 0 Å². The topological polar surface area (TPSA) is 87.1 Å². The van der Waals surface area contributed by atoms with Gasteiger partial charge in [0.05, 0.1) is 17.2 Å². The number of hydrogen-bond donors (Lipinski definition) is 2. The van der Waals surface area contributed by atoms with Crippen LogP contribution in [-0.2, 0) is 6.54 Å². The lowest BCUT2D eigenvalue weighted by atomic mass is 9.96. The summed E-state index contributed by atoms with van der Waals surface area (Å²) in [6, 6.07) is 3.80. The fraction of sp³-hybridized carbons (Fsp3) is 0.200. The molecule has 0 unspecified atom stereocenters. The third-order valence-electron chi connectivity index (χ3n) is 2.12. The van der Waals surface area contributed by atoms with Crippen molar-refractivity contribution in [1.82, 2.24) is 0 Å². The molecule has 0 aliphatic rings. The second kappa shape index (κ2) is 4.68. The molecule has 3 N–H and O–H groups in total. The average Bonchev–Trinajstić information content (AvgIpc) is 2.26. The van der Waals surface area contributed by atoms with E-state index in [1.807, 2.05) is 0 Å². The molecule has 1 rings (SSSR count). The Bertz CT molecular complexity index is 467. The maximum Gasteiger partial charge on any atom is 0.336 e. The average molecular weight is 226 g/mol. The van der Waals surface area contributed by atoms with Gasteiger partial charge < -0.3 is 10.8 Å². The van der Waals surface area contributed by atoms with E-state index in [1.165, 1.54) is 0 Å². The molecule has 6 heteroatoms. The highest BCUT2D eigenvalue weighted by atomic mass is 19.3. The van der Waals surface area contributed by atoms with E-state index in [4.69, 9.17) is 16.1 Å². The largest absolute Gasteiger partial charge is 0.478 e. The van der Waals surface area contributed by atoms with Gasteiger partial charge in [0.1, 0.15) is 0 Å². The second-order valence-corrected chi connectivity index (χ2v) is 2.98. The van der Waals surface area contributed by atoms with E-state index in [1.54, 1.807) is 6.07 Å². The third-order valence-corrected chi connectivity index (χ3v) is 2.12. The molecule has 0 atom stereocenters. The fourth-order valence-electron chi connectivity index (χ4n) is 1.42. The van der Waals surface area contributed by atoms with Crippen molar-refractivity contribution in [2.75, 3.05) is 0 Å². The van der Waals surface area contributed by atoms with Crippen LogP contribution in [0.15, 0.2) is 12.1 Å². The van der Waals surface area contributed by atoms with E-state index in [2.05, 4.69) is 0 Å². The molecule has 0 radical (unpaired) electrons. The van der Waals surface area contributed by atoms with Crippen LogP contribution in [0.3, 0.4) is 0 Å². The summed E-state index contributed by atoms with van der Waals surface area (Å²) < 4.78 is 25.1. The summed E-state index contributed by atoms with van der Waals surface area (Å²) >= 11 is 0. The molecule has 0 aromatic heterocycles. The molecule has 1 aromatic carbocycles. The maximum absolute atomic E-state index is 12.6. The highest BCUT2D eigenvalue weighted by molar-refractivity contribution is 5.92. The number of hydrogen-bond acceptors (Lipinski definition) is 3. The van der Waals surface area contributed by atoms with Gasteiger partial charge in [-0.2, -0.15) is 5.26 Å². The molecule has 4 nitrogen and oxygen atoms in total. The molecule has 0 bridgehead atoms. The Kier molecular flexibility index (Phi) is 3.53. The zero-order valence-electron chi connectivity index (χ0n) is 8.08. The number of nitrogens with zero attached hydrogens (tertiary/aromatic N) is 1. The Labute approximate surface area is 89.9 Å². The van der Waals surface area contributed by atoms with E-state index in [-0.39, 0.29) is 17.7 Å². The minimum absolute atomic E-state index is 0.00398. The predicted octanol–water partition coefficient (Wildman–Crippen LogP) is 1.65. The summed E-state index contributed by atoms with van der Waals surface area (Å²) in [5.41, 5.74) is 4.03. The van der Waals surface area contributed by atoms with Gasteiger partial charge in [0.15, 0.2) is 0 Å². The molecule has 0 fully saturated rings. The molecule has 1 aromatic rings. The van der Waals surface area contributed by atoms with Gasteiger partial charge in [-0.15, -0.1) is 0 Å². The Morgan fingerprint density at radius 1 is 1.56 bits per heavy atom. The summed E-state index contributed by atoms with van der Waals surface area (Å²) in [5, 5.41) is 17.5. The van der Waals surface area contributed by atoms with Gasteiger partial charge in [0.25, 0.3) is 6.43 Å². The van der Waals surface area contributed by atoms with Crippen LogP contribution >= 0.6 is 0 Å². The smallest absolute Gasteiger partial charge is 0.336 e. The van der Waals surface area contributed by atoms with Crippen LogP contribution < -0.4 is 5.73 Å². The first-order valence-corrected chi connectivity index (χ1v) is 4.30. The first-order valence-electron chi connectivity index (χ1n) is 4.30. The number of halogens is 2. The summed E-state index contributed by atoms with van der Waals surface area (Å²) in [6.45, 7) is -0.273. The van der Waals surface area contributed by atoms with E-state index in [0.717, 1.165) is 12.1 Å². The van der Waals surface area contributed by atoms with Crippen LogP contribution in [0.25, 0.3) is 0 Å². The Morgan fingerprint density at radius 2 is 2.19 bits per heavy atom. The van der Waals surface area contributed by atoms with Crippen LogP contribution in [-0.4, -0.2) is 11.1 Å². The minimum Gasteiger partial charge on any atom is -0.478 e. The van der Waals surface area contributed by atoms with Crippen LogP contribution in [0.5, 0.6) is 0 Å². The van der Waals surface area contributed by atoms with Crippen molar-refractivity contribution < 1.29 is 18.7 Å². The van der Waals surface area contributed by atoms with Crippen LogP contribution in [0.4, 0.5) is 8.78 Å². The highest BCUT2D eigenvalue weighted by Gasteiger charge is 2.23. The zero-order valence-corrected chi connectivity index (χ0v) is 8.08. The van der Waals surface area contributed by atoms with Crippen LogP contribution in [0.1, 0.15) is 33.5 Å². The molecular formula is C10H8F2N2O2. The summed E-state index contributed by atoms with van der Waals surface area (Å²) in [6.07, 6.45) is -2.91. The SMILES string of the molecule is N#Cc1ccc(C(F)F)c(C(=O)O)c1CN. The normalized spacial score (nSPS) is 10.2. The van der Waals surface area contributed by atoms with Crippen molar-refractivity contribution in [3.63, 3.8) is 0 Å². The molecule has 0 saturated heterocycles. The van der Waals surface area contributed by atoms with E-state index < -0.39 is 23.5 Å². The number of carboxylic acid groups (broad SMARTS) is 1. The van der Waals surface area contributed by atoms with Gasteiger partial charge >= 0.3 is 5.97 Å². The predicted molar refractivity (Wildman–Crippen MR) is 51.0 cm³/mol. The van der Waals surface area contributed by atoms with Gasteiger partial charge in [-0.3, -0.25) is 0 Å². The molecule has 0 spiro atoms. The van der Waals surface area contributed by atoms with E-state index >= 15 is 0 Å². The molecule has 16 heavy (non-hydrogen) atoms. The first-order chi connectivity index (χ1) is 7.52. The number of alkyl halides is 2. The standard InChI is InChI=1S/C10H8F2N2O2/c11-9(12)6-2-1-5(3-13)7(4-14)8(6)10(15)16/h1-2,9H,4,14H2,(H,15,16). The van der Waals surface area contributed by atoms with E-state index in [0.29, 0.717) is 0 Å². The molecule has 0 saturated carbocycles. The lowest BCUT2D eigenvalue weighted by Crippen LogP contribution is -2.12. The highest BCUT2D eigenvalue weighted by Crippen LogP contribution is 2.27. The number of rotatable bonds is 3. The number of nitrogens with two attached hydrogens (primary N) is 1. The molecule has 0 heterocycles. The fourth-order valence-corrected chi connectivity index (χ4v) is 1.42. The molecule has 0 amide bonds.